The summed E-state index contributed by atoms with van der Waals surface area (Å²) in [4.78, 5) is 4.54. The second-order valence-corrected chi connectivity index (χ2v) is 4.57. The Hall–Kier alpha value is -0.120. The Morgan fingerprint density at radius 1 is 1.07 bits per heavy atom. The zero-order valence-corrected chi connectivity index (χ0v) is 10.2. The Bertz CT molecular complexity index is 126. The van der Waals surface area contributed by atoms with Crippen LogP contribution in [0.1, 0.15) is 20.3 Å². The predicted octanol–water partition coefficient (Wildman–Crippen LogP) is 0.888. The van der Waals surface area contributed by atoms with Gasteiger partial charge in [0.25, 0.3) is 0 Å². The molecule has 0 unspecified atom stereocenters. The van der Waals surface area contributed by atoms with E-state index in [4.69, 9.17) is 5.11 Å². The molecular formula is C11H26N2O. The topological polar surface area (TPSA) is 26.7 Å². The van der Waals surface area contributed by atoms with E-state index in [0.29, 0.717) is 5.92 Å². The first-order valence-electron chi connectivity index (χ1n) is 5.54. The molecule has 86 valence electrons. The van der Waals surface area contributed by atoms with Crippen molar-refractivity contribution in [2.24, 2.45) is 5.92 Å². The maximum atomic E-state index is 8.91. The highest BCUT2D eigenvalue weighted by molar-refractivity contribution is 4.60. The minimum atomic E-state index is 0.273. The molecule has 0 spiro atoms. The van der Waals surface area contributed by atoms with E-state index in [-0.39, 0.29) is 6.61 Å². The summed E-state index contributed by atoms with van der Waals surface area (Å²) in [7, 11) is 4.19. The number of nitrogens with zero attached hydrogens (tertiary/aromatic N) is 2. The smallest absolute Gasteiger partial charge is 0.0558 e. The first kappa shape index (κ1) is 13.9. The van der Waals surface area contributed by atoms with E-state index in [1.165, 1.54) is 6.42 Å². The molecule has 0 aromatic carbocycles. The Morgan fingerprint density at radius 3 is 2.14 bits per heavy atom. The molecule has 3 nitrogen and oxygen atoms in total. The third-order valence-electron chi connectivity index (χ3n) is 2.12. The fourth-order valence-corrected chi connectivity index (χ4v) is 1.56. The minimum Gasteiger partial charge on any atom is -0.395 e. The van der Waals surface area contributed by atoms with Crippen LogP contribution in [0.25, 0.3) is 0 Å². The quantitative estimate of drug-likeness (QED) is 0.633. The second kappa shape index (κ2) is 8.21. The van der Waals surface area contributed by atoms with Crippen LogP contribution in [0.2, 0.25) is 0 Å². The third-order valence-corrected chi connectivity index (χ3v) is 2.12. The molecule has 0 fully saturated rings. The Balaban J connectivity index is 3.61. The monoisotopic (exact) mass is 202 g/mol. The van der Waals surface area contributed by atoms with Gasteiger partial charge >= 0.3 is 0 Å². The van der Waals surface area contributed by atoms with Gasteiger partial charge in [0.1, 0.15) is 0 Å². The molecule has 0 bridgehead atoms. The summed E-state index contributed by atoms with van der Waals surface area (Å²) >= 11 is 0. The second-order valence-electron chi connectivity index (χ2n) is 4.57. The normalized spacial score (nSPS) is 12.0. The molecule has 0 aromatic heterocycles. The van der Waals surface area contributed by atoms with Crippen molar-refractivity contribution >= 4 is 0 Å². The van der Waals surface area contributed by atoms with Gasteiger partial charge in [0, 0.05) is 13.1 Å². The lowest BCUT2D eigenvalue weighted by molar-refractivity contribution is 0.176. The number of rotatable bonds is 8. The van der Waals surface area contributed by atoms with Crippen molar-refractivity contribution in [1.29, 1.82) is 0 Å². The Labute approximate surface area is 88.7 Å². The van der Waals surface area contributed by atoms with Crippen LogP contribution in [0.5, 0.6) is 0 Å². The van der Waals surface area contributed by atoms with Crippen molar-refractivity contribution < 1.29 is 5.11 Å². The van der Waals surface area contributed by atoms with Crippen LogP contribution >= 0.6 is 0 Å². The largest absolute Gasteiger partial charge is 0.395 e. The molecule has 3 heteroatoms. The van der Waals surface area contributed by atoms with E-state index in [0.717, 1.165) is 26.2 Å². The summed E-state index contributed by atoms with van der Waals surface area (Å²) < 4.78 is 0. The fraction of sp³-hybridized carbons (Fsp3) is 1.00. The number of hydrogen-bond acceptors (Lipinski definition) is 3. The minimum absolute atomic E-state index is 0.273. The van der Waals surface area contributed by atoms with Gasteiger partial charge in [-0.05, 0) is 39.5 Å². The SMILES string of the molecule is CC(C)CN(CCO)CCCN(C)C. The molecule has 0 heterocycles. The van der Waals surface area contributed by atoms with Gasteiger partial charge in [-0.15, -0.1) is 0 Å². The number of aliphatic hydroxyl groups excluding tert-OH is 1. The predicted molar refractivity (Wildman–Crippen MR) is 61.5 cm³/mol. The molecule has 0 aromatic rings. The lowest BCUT2D eigenvalue weighted by Crippen LogP contribution is -2.33. The van der Waals surface area contributed by atoms with Gasteiger partial charge < -0.3 is 14.9 Å². The molecule has 14 heavy (non-hydrogen) atoms. The maximum absolute atomic E-state index is 8.91. The molecule has 0 saturated heterocycles. The summed E-state index contributed by atoms with van der Waals surface area (Å²) in [6.45, 7) is 8.83. The lowest BCUT2D eigenvalue weighted by atomic mass is 10.2. The summed E-state index contributed by atoms with van der Waals surface area (Å²) in [6.07, 6.45) is 1.18. The Kier molecular flexibility index (Phi) is 8.14. The van der Waals surface area contributed by atoms with Gasteiger partial charge in [-0.1, -0.05) is 13.8 Å². The van der Waals surface area contributed by atoms with Crippen molar-refractivity contribution in [1.82, 2.24) is 9.80 Å². The fourth-order valence-electron chi connectivity index (χ4n) is 1.56. The molecule has 0 aliphatic carbocycles. The average molecular weight is 202 g/mol. The van der Waals surface area contributed by atoms with Crippen LogP contribution in [0.15, 0.2) is 0 Å². The number of hydrogen-bond donors (Lipinski definition) is 1. The summed E-state index contributed by atoms with van der Waals surface area (Å²) in [5.41, 5.74) is 0. The van der Waals surface area contributed by atoms with Crippen molar-refractivity contribution in [2.75, 3.05) is 46.9 Å². The van der Waals surface area contributed by atoms with Gasteiger partial charge in [0.15, 0.2) is 0 Å². The maximum Gasteiger partial charge on any atom is 0.0558 e. The molecule has 1 N–H and O–H groups in total. The van der Waals surface area contributed by atoms with E-state index in [2.05, 4.69) is 37.7 Å². The van der Waals surface area contributed by atoms with Gasteiger partial charge in [-0.3, -0.25) is 0 Å². The standard InChI is InChI=1S/C11H26N2O/c1-11(2)10-13(8-9-14)7-5-6-12(3)4/h11,14H,5-10H2,1-4H3. The summed E-state index contributed by atoms with van der Waals surface area (Å²) in [5, 5.41) is 8.91. The molecular weight excluding hydrogens is 176 g/mol. The van der Waals surface area contributed by atoms with Crippen LogP contribution in [0.3, 0.4) is 0 Å². The zero-order valence-electron chi connectivity index (χ0n) is 10.2. The first-order valence-corrected chi connectivity index (χ1v) is 5.54. The average Bonchev–Trinajstić information content (AvgIpc) is 2.02. The van der Waals surface area contributed by atoms with Crippen LogP contribution in [-0.2, 0) is 0 Å². The van der Waals surface area contributed by atoms with Crippen LogP contribution in [-0.4, -0.2) is 61.8 Å². The van der Waals surface area contributed by atoms with E-state index in [1.54, 1.807) is 0 Å². The highest BCUT2D eigenvalue weighted by atomic mass is 16.3. The molecule has 0 atom stereocenters. The van der Waals surface area contributed by atoms with Gasteiger partial charge in [0.2, 0.25) is 0 Å². The highest BCUT2D eigenvalue weighted by Gasteiger charge is 2.06. The van der Waals surface area contributed by atoms with Crippen molar-refractivity contribution in [3.8, 4) is 0 Å². The summed E-state index contributed by atoms with van der Waals surface area (Å²) in [6, 6.07) is 0. The van der Waals surface area contributed by atoms with Crippen LogP contribution < -0.4 is 0 Å². The Morgan fingerprint density at radius 2 is 1.71 bits per heavy atom. The van der Waals surface area contributed by atoms with Crippen LogP contribution in [0, 0.1) is 5.92 Å². The third kappa shape index (κ3) is 8.48. The molecule has 0 aliphatic rings. The van der Waals surface area contributed by atoms with Crippen molar-refractivity contribution in [3.05, 3.63) is 0 Å². The van der Waals surface area contributed by atoms with Gasteiger partial charge in [-0.2, -0.15) is 0 Å². The molecule has 0 saturated carbocycles. The lowest BCUT2D eigenvalue weighted by Gasteiger charge is -2.23. The first-order chi connectivity index (χ1) is 6.56. The van der Waals surface area contributed by atoms with Gasteiger partial charge in [-0.25, -0.2) is 0 Å². The molecule has 0 radical (unpaired) electrons. The number of aliphatic hydroxyl groups is 1. The van der Waals surface area contributed by atoms with E-state index in [1.807, 2.05) is 0 Å². The molecule has 0 aliphatic heterocycles. The van der Waals surface area contributed by atoms with E-state index < -0.39 is 0 Å². The zero-order chi connectivity index (χ0) is 11.0. The van der Waals surface area contributed by atoms with Crippen molar-refractivity contribution in [3.63, 3.8) is 0 Å². The van der Waals surface area contributed by atoms with E-state index >= 15 is 0 Å². The van der Waals surface area contributed by atoms with E-state index in [9.17, 15) is 0 Å². The van der Waals surface area contributed by atoms with Crippen LogP contribution in [0.4, 0.5) is 0 Å². The summed E-state index contributed by atoms with van der Waals surface area (Å²) in [5.74, 6) is 0.681. The molecule has 0 amide bonds. The van der Waals surface area contributed by atoms with Crippen molar-refractivity contribution in [2.45, 2.75) is 20.3 Å². The van der Waals surface area contributed by atoms with Gasteiger partial charge in [0.05, 0.1) is 6.61 Å². The highest BCUT2D eigenvalue weighted by Crippen LogP contribution is 1.99. The molecule has 0 rings (SSSR count).